The van der Waals surface area contributed by atoms with E-state index in [0.29, 0.717) is 29.0 Å². The van der Waals surface area contributed by atoms with Crippen LogP contribution in [0.1, 0.15) is 18.5 Å². The van der Waals surface area contributed by atoms with Gasteiger partial charge in [0.15, 0.2) is 5.76 Å². The number of nitrogens with one attached hydrogen (secondary N) is 1. The van der Waals surface area contributed by atoms with E-state index in [-0.39, 0.29) is 11.8 Å². The fourth-order valence-electron chi connectivity index (χ4n) is 3.60. The molecule has 112 valence electrons. The second-order valence-corrected chi connectivity index (χ2v) is 6.21. The molecule has 1 fully saturated rings. The molecule has 1 saturated carbocycles. The summed E-state index contributed by atoms with van der Waals surface area (Å²) < 4.78 is 5.43. The highest BCUT2D eigenvalue weighted by Gasteiger charge is 2.40. The standard InChI is InChI=1S/C18H18N2O2/c1-11-16(17(22-20-11)13-5-3-2-4-6-13)19-18(21)15-10-12-7-8-14(15)9-12/h2-8,12,14-15H,9-10H2,1H3,(H,19,21)/t12-,14-,15+/m0/s1. The van der Waals surface area contributed by atoms with Crippen molar-refractivity contribution in [1.82, 2.24) is 5.16 Å². The first-order valence-electron chi connectivity index (χ1n) is 7.73. The zero-order valence-corrected chi connectivity index (χ0v) is 12.5. The third-order valence-electron chi connectivity index (χ3n) is 4.76. The Bertz CT molecular complexity index is 733. The number of amides is 1. The summed E-state index contributed by atoms with van der Waals surface area (Å²) in [4.78, 5) is 12.6. The van der Waals surface area contributed by atoms with E-state index in [1.807, 2.05) is 37.3 Å². The van der Waals surface area contributed by atoms with Crippen LogP contribution < -0.4 is 5.32 Å². The van der Waals surface area contributed by atoms with Gasteiger partial charge in [-0.15, -0.1) is 0 Å². The van der Waals surface area contributed by atoms with Gasteiger partial charge in [0.05, 0.1) is 0 Å². The highest BCUT2D eigenvalue weighted by molar-refractivity contribution is 5.97. The highest BCUT2D eigenvalue weighted by Crippen LogP contribution is 2.44. The van der Waals surface area contributed by atoms with Crippen molar-refractivity contribution in [2.45, 2.75) is 19.8 Å². The number of aromatic nitrogens is 1. The smallest absolute Gasteiger partial charge is 0.228 e. The minimum absolute atomic E-state index is 0.0768. The van der Waals surface area contributed by atoms with Gasteiger partial charge in [-0.25, -0.2) is 0 Å². The molecule has 22 heavy (non-hydrogen) atoms. The number of allylic oxidation sites excluding steroid dienone is 2. The van der Waals surface area contributed by atoms with Crippen LogP contribution in [-0.2, 0) is 4.79 Å². The highest BCUT2D eigenvalue weighted by atomic mass is 16.5. The Morgan fingerprint density at radius 2 is 2.05 bits per heavy atom. The van der Waals surface area contributed by atoms with Crippen molar-refractivity contribution in [3.8, 4) is 11.3 Å². The number of aryl methyl sites for hydroxylation is 1. The van der Waals surface area contributed by atoms with E-state index in [2.05, 4.69) is 22.6 Å². The summed E-state index contributed by atoms with van der Waals surface area (Å²) in [7, 11) is 0. The number of carbonyl (C=O) groups is 1. The maximum Gasteiger partial charge on any atom is 0.228 e. The van der Waals surface area contributed by atoms with Gasteiger partial charge in [0.25, 0.3) is 0 Å². The summed E-state index contributed by atoms with van der Waals surface area (Å²) in [5, 5.41) is 7.07. The number of fused-ring (bicyclic) bond motifs is 2. The van der Waals surface area contributed by atoms with Crippen LogP contribution in [0.25, 0.3) is 11.3 Å². The summed E-state index contributed by atoms with van der Waals surface area (Å²) >= 11 is 0. The molecule has 0 spiro atoms. The van der Waals surface area contributed by atoms with Crippen LogP contribution in [0.15, 0.2) is 47.0 Å². The summed E-state index contributed by atoms with van der Waals surface area (Å²) in [6.07, 6.45) is 6.51. The molecule has 0 radical (unpaired) electrons. The Hall–Kier alpha value is -2.36. The van der Waals surface area contributed by atoms with Crippen LogP contribution in [0.4, 0.5) is 5.69 Å². The molecule has 2 aromatic rings. The lowest BCUT2D eigenvalue weighted by molar-refractivity contribution is -0.120. The largest absolute Gasteiger partial charge is 0.354 e. The average molecular weight is 294 g/mol. The summed E-state index contributed by atoms with van der Waals surface area (Å²) in [5.74, 6) is 1.77. The van der Waals surface area contributed by atoms with Crippen molar-refractivity contribution in [3.63, 3.8) is 0 Å². The van der Waals surface area contributed by atoms with Crippen molar-refractivity contribution in [2.24, 2.45) is 17.8 Å². The number of hydrogen-bond donors (Lipinski definition) is 1. The van der Waals surface area contributed by atoms with Gasteiger partial charge in [-0.3, -0.25) is 4.79 Å². The molecule has 3 atom stereocenters. The van der Waals surface area contributed by atoms with Gasteiger partial charge in [-0.05, 0) is 31.6 Å². The van der Waals surface area contributed by atoms with E-state index in [9.17, 15) is 4.79 Å². The van der Waals surface area contributed by atoms with E-state index in [0.717, 1.165) is 18.4 Å². The van der Waals surface area contributed by atoms with Crippen LogP contribution in [0.5, 0.6) is 0 Å². The van der Waals surface area contributed by atoms with E-state index >= 15 is 0 Å². The van der Waals surface area contributed by atoms with Crippen molar-refractivity contribution < 1.29 is 9.32 Å². The van der Waals surface area contributed by atoms with Gasteiger partial charge in [0.2, 0.25) is 5.91 Å². The van der Waals surface area contributed by atoms with Crippen LogP contribution in [-0.4, -0.2) is 11.1 Å². The molecule has 4 heteroatoms. The lowest BCUT2D eigenvalue weighted by Gasteiger charge is -2.17. The predicted molar refractivity (Wildman–Crippen MR) is 84.1 cm³/mol. The summed E-state index contributed by atoms with van der Waals surface area (Å²) in [5.41, 5.74) is 2.33. The van der Waals surface area contributed by atoms with Crippen LogP contribution in [0, 0.1) is 24.7 Å². The number of rotatable bonds is 3. The second kappa shape index (κ2) is 5.13. The molecule has 1 aromatic heterocycles. The lowest BCUT2D eigenvalue weighted by atomic mass is 9.92. The zero-order valence-electron chi connectivity index (χ0n) is 12.5. The van der Waals surface area contributed by atoms with E-state index in [4.69, 9.17) is 4.52 Å². The molecule has 0 unspecified atom stereocenters. The minimum Gasteiger partial charge on any atom is -0.354 e. The van der Waals surface area contributed by atoms with Gasteiger partial charge in [-0.1, -0.05) is 47.6 Å². The topological polar surface area (TPSA) is 55.1 Å². The second-order valence-electron chi connectivity index (χ2n) is 6.21. The minimum atomic E-state index is 0.0768. The molecular formula is C18H18N2O2. The first kappa shape index (κ1) is 13.3. The number of nitrogens with zero attached hydrogens (tertiary/aromatic N) is 1. The van der Waals surface area contributed by atoms with E-state index < -0.39 is 0 Å². The van der Waals surface area contributed by atoms with E-state index in [1.54, 1.807) is 0 Å². The number of hydrogen-bond acceptors (Lipinski definition) is 3. The Balaban J connectivity index is 1.60. The van der Waals surface area contributed by atoms with Crippen LogP contribution in [0.2, 0.25) is 0 Å². The van der Waals surface area contributed by atoms with Gasteiger partial charge >= 0.3 is 0 Å². The molecule has 0 saturated heterocycles. The van der Waals surface area contributed by atoms with Crippen LogP contribution in [0.3, 0.4) is 0 Å². The predicted octanol–water partition coefficient (Wildman–Crippen LogP) is 3.80. The van der Waals surface area contributed by atoms with Gasteiger partial charge < -0.3 is 9.84 Å². The average Bonchev–Trinajstić information content (AvgIpc) is 3.25. The first-order valence-corrected chi connectivity index (χ1v) is 7.73. The van der Waals surface area contributed by atoms with Gasteiger partial charge in [0, 0.05) is 11.5 Å². The zero-order chi connectivity index (χ0) is 15.1. The summed E-state index contributed by atoms with van der Waals surface area (Å²) in [6.45, 7) is 1.85. The molecule has 2 aliphatic rings. The monoisotopic (exact) mass is 294 g/mol. The molecule has 0 aliphatic heterocycles. The first-order chi connectivity index (χ1) is 10.7. The quantitative estimate of drug-likeness (QED) is 0.876. The molecule has 4 rings (SSSR count). The van der Waals surface area contributed by atoms with E-state index in [1.165, 1.54) is 0 Å². The number of benzene rings is 1. The number of carbonyl (C=O) groups excluding carboxylic acids is 1. The Morgan fingerprint density at radius 3 is 2.73 bits per heavy atom. The Kier molecular flexibility index (Phi) is 3.10. The number of anilines is 1. The molecule has 1 N–H and O–H groups in total. The Morgan fingerprint density at radius 1 is 1.23 bits per heavy atom. The lowest BCUT2D eigenvalue weighted by Crippen LogP contribution is -2.26. The molecule has 1 aromatic carbocycles. The fraction of sp³-hybridized carbons (Fsp3) is 0.333. The SMILES string of the molecule is Cc1noc(-c2ccccc2)c1NC(=O)[C@@H]1C[C@H]2C=C[C@H]1C2. The normalized spacial score (nSPS) is 25.6. The molecule has 2 aliphatic carbocycles. The third-order valence-corrected chi connectivity index (χ3v) is 4.76. The van der Waals surface area contributed by atoms with Gasteiger partial charge in [0.1, 0.15) is 11.4 Å². The maximum atomic E-state index is 12.6. The fourth-order valence-corrected chi connectivity index (χ4v) is 3.60. The molecule has 2 bridgehead atoms. The third kappa shape index (κ3) is 2.15. The maximum absolute atomic E-state index is 12.6. The summed E-state index contributed by atoms with van der Waals surface area (Å²) in [6, 6.07) is 9.75. The van der Waals surface area contributed by atoms with Crippen molar-refractivity contribution in [1.29, 1.82) is 0 Å². The Labute approximate surface area is 129 Å². The molecule has 4 nitrogen and oxygen atoms in total. The molecular weight excluding hydrogens is 276 g/mol. The molecule has 1 amide bonds. The molecule has 1 heterocycles. The van der Waals surface area contributed by atoms with Crippen molar-refractivity contribution >= 4 is 11.6 Å². The van der Waals surface area contributed by atoms with Gasteiger partial charge in [-0.2, -0.15) is 0 Å². The van der Waals surface area contributed by atoms with Crippen LogP contribution >= 0.6 is 0 Å². The van der Waals surface area contributed by atoms with Crippen molar-refractivity contribution in [2.75, 3.05) is 5.32 Å². The van der Waals surface area contributed by atoms with Crippen molar-refractivity contribution in [3.05, 3.63) is 48.2 Å².